The molecule has 3 nitrogen and oxygen atoms in total. The van der Waals surface area contributed by atoms with Crippen molar-refractivity contribution in [3.63, 3.8) is 0 Å². The van der Waals surface area contributed by atoms with Crippen LogP contribution in [0.15, 0.2) is 23.0 Å². The molecule has 1 saturated heterocycles. The first-order chi connectivity index (χ1) is 8.06. The highest BCUT2D eigenvalue weighted by atomic mass is 19.4. The van der Waals surface area contributed by atoms with Crippen molar-refractivity contribution in [3.05, 3.63) is 24.2 Å². The molecule has 96 valence electrons. The Kier molecular flexibility index (Phi) is 3.73. The monoisotopic (exact) mass is 248 g/mol. The number of hydrogen-bond donors (Lipinski definition) is 1. The fraction of sp³-hybridized carbons (Fsp3) is 0.636. The summed E-state index contributed by atoms with van der Waals surface area (Å²) in [5.41, 5.74) is 0.601. The third kappa shape index (κ3) is 3.47. The Morgan fingerprint density at radius 2 is 2.06 bits per heavy atom. The number of rotatable bonds is 3. The molecule has 1 aromatic heterocycles. The highest BCUT2D eigenvalue weighted by Crippen LogP contribution is 2.34. The normalized spacial score (nSPS) is 20.4. The molecule has 6 heteroatoms. The second-order valence-corrected chi connectivity index (χ2v) is 4.18. The highest BCUT2D eigenvalue weighted by Gasteiger charge is 2.36. The first-order valence-electron chi connectivity index (χ1n) is 5.60. The van der Waals surface area contributed by atoms with E-state index in [1.165, 1.54) is 12.5 Å². The molecule has 17 heavy (non-hydrogen) atoms. The van der Waals surface area contributed by atoms with Gasteiger partial charge in [0.1, 0.15) is 0 Å². The van der Waals surface area contributed by atoms with E-state index in [4.69, 9.17) is 4.42 Å². The van der Waals surface area contributed by atoms with Gasteiger partial charge in [0.05, 0.1) is 18.9 Å². The molecule has 0 aliphatic carbocycles. The molecule has 0 spiro atoms. The summed E-state index contributed by atoms with van der Waals surface area (Å²) < 4.78 is 42.6. The average molecular weight is 248 g/mol. The van der Waals surface area contributed by atoms with Crippen LogP contribution in [0.3, 0.4) is 0 Å². The summed E-state index contributed by atoms with van der Waals surface area (Å²) in [6.45, 7) is 2.72. The smallest absolute Gasteiger partial charge is 0.390 e. The van der Waals surface area contributed by atoms with Crippen LogP contribution in [0.5, 0.6) is 0 Å². The van der Waals surface area contributed by atoms with Crippen LogP contribution in [0.2, 0.25) is 0 Å². The first-order valence-corrected chi connectivity index (χ1v) is 5.60. The maximum Gasteiger partial charge on any atom is 0.390 e. The summed E-state index contributed by atoms with van der Waals surface area (Å²) in [4.78, 5) is 1.86. The molecule has 0 saturated carbocycles. The van der Waals surface area contributed by atoms with Gasteiger partial charge in [-0.1, -0.05) is 0 Å². The Bertz CT molecular complexity index is 331. The first kappa shape index (κ1) is 12.4. The number of piperazine rings is 1. The van der Waals surface area contributed by atoms with Crippen LogP contribution in [-0.4, -0.2) is 37.3 Å². The highest BCUT2D eigenvalue weighted by molar-refractivity contribution is 5.12. The molecule has 0 radical (unpaired) electrons. The lowest BCUT2D eigenvalue weighted by Crippen LogP contribution is -2.46. The van der Waals surface area contributed by atoms with Crippen LogP contribution in [0, 0.1) is 0 Å². The average Bonchev–Trinajstić information content (AvgIpc) is 2.79. The van der Waals surface area contributed by atoms with Crippen LogP contribution in [0.4, 0.5) is 13.2 Å². The lowest BCUT2D eigenvalue weighted by molar-refractivity contribution is -0.148. The number of alkyl halides is 3. The molecular formula is C11H15F3N2O. The molecule has 1 N–H and O–H groups in total. The van der Waals surface area contributed by atoms with Crippen molar-refractivity contribution in [1.82, 2.24) is 10.2 Å². The maximum absolute atomic E-state index is 12.6. The Hall–Kier alpha value is -1.01. The summed E-state index contributed by atoms with van der Waals surface area (Å²) >= 11 is 0. The predicted molar refractivity (Wildman–Crippen MR) is 56.6 cm³/mol. The Balaban J connectivity index is 2.12. The molecule has 1 aliphatic rings. The molecule has 0 bridgehead atoms. The predicted octanol–water partition coefficient (Wildman–Crippen LogP) is 2.18. The molecule has 0 amide bonds. The van der Waals surface area contributed by atoms with E-state index in [2.05, 4.69) is 5.32 Å². The van der Waals surface area contributed by atoms with Gasteiger partial charge in [0.25, 0.3) is 0 Å². The standard InChI is InChI=1S/C11H15F3N2O/c12-11(13,14)7-10(9-1-6-17-8-9)16-4-2-15-3-5-16/h1,6,8,10,15H,2-5,7H2/t10-/m0/s1. The van der Waals surface area contributed by atoms with Gasteiger partial charge in [-0.05, 0) is 6.07 Å². The summed E-state index contributed by atoms with van der Waals surface area (Å²) in [5.74, 6) is 0. The molecule has 1 fully saturated rings. The lowest BCUT2D eigenvalue weighted by atomic mass is 10.0. The fourth-order valence-electron chi connectivity index (χ4n) is 2.14. The van der Waals surface area contributed by atoms with Crippen molar-refractivity contribution in [3.8, 4) is 0 Å². The zero-order chi connectivity index (χ0) is 12.3. The molecular weight excluding hydrogens is 233 g/mol. The van der Waals surface area contributed by atoms with Crippen molar-refractivity contribution >= 4 is 0 Å². The summed E-state index contributed by atoms with van der Waals surface area (Å²) in [5, 5.41) is 3.13. The minimum Gasteiger partial charge on any atom is -0.472 e. The van der Waals surface area contributed by atoms with Crippen molar-refractivity contribution in [1.29, 1.82) is 0 Å². The van der Waals surface area contributed by atoms with Gasteiger partial charge < -0.3 is 9.73 Å². The van der Waals surface area contributed by atoms with E-state index < -0.39 is 18.6 Å². The van der Waals surface area contributed by atoms with Crippen molar-refractivity contribution < 1.29 is 17.6 Å². The topological polar surface area (TPSA) is 28.4 Å². The number of hydrogen-bond acceptors (Lipinski definition) is 3. The second-order valence-electron chi connectivity index (χ2n) is 4.18. The minimum atomic E-state index is -4.16. The third-order valence-electron chi connectivity index (χ3n) is 2.95. The van der Waals surface area contributed by atoms with Gasteiger partial charge in [0, 0.05) is 37.8 Å². The van der Waals surface area contributed by atoms with E-state index in [1.807, 2.05) is 4.90 Å². The van der Waals surface area contributed by atoms with Crippen LogP contribution >= 0.6 is 0 Å². The Morgan fingerprint density at radius 3 is 2.59 bits per heavy atom. The van der Waals surface area contributed by atoms with Gasteiger partial charge in [0.2, 0.25) is 0 Å². The maximum atomic E-state index is 12.6. The summed E-state index contributed by atoms with van der Waals surface area (Å²) in [6.07, 6.45) is -2.17. The van der Waals surface area contributed by atoms with E-state index in [0.29, 0.717) is 18.7 Å². The van der Waals surface area contributed by atoms with E-state index in [-0.39, 0.29) is 0 Å². The SMILES string of the molecule is FC(F)(F)C[C@@H](c1ccoc1)N1CCNCC1. The van der Waals surface area contributed by atoms with E-state index in [9.17, 15) is 13.2 Å². The van der Waals surface area contributed by atoms with E-state index >= 15 is 0 Å². The molecule has 1 atom stereocenters. The van der Waals surface area contributed by atoms with Crippen LogP contribution in [0.1, 0.15) is 18.0 Å². The van der Waals surface area contributed by atoms with E-state index in [1.54, 1.807) is 6.07 Å². The molecule has 2 rings (SSSR count). The van der Waals surface area contributed by atoms with Gasteiger partial charge in [-0.2, -0.15) is 13.2 Å². The van der Waals surface area contributed by atoms with Crippen molar-refractivity contribution in [2.75, 3.05) is 26.2 Å². The molecule has 0 unspecified atom stereocenters. The van der Waals surface area contributed by atoms with Crippen LogP contribution in [-0.2, 0) is 0 Å². The Morgan fingerprint density at radius 1 is 1.35 bits per heavy atom. The van der Waals surface area contributed by atoms with Crippen LogP contribution in [0.25, 0.3) is 0 Å². The number of nitrogens with zero attached hydrogens (tertiary/aromatic N) is 1. The fourth-order valence-corrected chi connectivity index (χ4v) is 2.14. The lowest BCUT2D eigenvalue weighted by Gasteiger charge is -2.34. The molecule has 2 heterocycles. The van der Waals surface area contributed by atoms with Gasteiger partial charge in [-0.25, -0.2) is 0 Å². The number of nitrogens with one attached hydrogen (secondary N) is 1. The van der Waals surface area contributed by atoms with Crippen molar-refractivity contribution in [2.24, 2.45) is 0 Å². The molecule has 0 aromatic carbocycles. The van der Waals surface area contributed by atoms with Gasteiger partial charge in [-0.3, -0.25) is 4.90 Å². The molecule has 1 aromatic rings. The van der Waals surface area contributed by atoms with Gasteiger partial charge >= 0.3 is 6.18 Å². The minimum absolute atomic E-state index is 0.601. The zero-order valence-electron chi connectivity index (χ0n) is 9.33. The second kappa shape index (κ2) is 5.10. The van der Waals surface area contributed by atoms with E-state index in [0.717, 1.165) is 13.1 Å². The van der Waals surface area contributed by atoms with Crippen LogP contribution < -0.4 is 5.32 Å². The number of halogens is 3. The van der Waals surface area contributed by atoms with Gasteiger partial charge in [-0.15, -0.1) is 0 Å². The van der Waals surface area contributed by atoms with Crippen molar-refractivity contribution in [2.45, 2.75) is 18.6 Å². The molecule has 1 aliphatic heterocycles. The largest absolute Gasteiger partial charge is 0.472 e. The summed E-state index contributed by atoms with van der Waals surface area (Å²) in [6, 6.07) is 0.981. The quantitative estimate of drug-likeness (QED) is 0.888. The third-order valence-corrected chi connectivity index (χ3v) is 2.95. The summed E-state index contributed by atoms with van der Waals surface area (Å²) in [7, 11) is 0. The van der Waals surface area contributed by atoms with Gasteiger partial charge in [0.15, 0.2) is 0 Å². The zero-order valence-corrected chi connectivity index (χ0v) is 9.33. The Labute approximate surface area is 97.6 Å². The number of furan rings is 1.